The van der Waals surface area contributed by atoms with Gasteiger partial charge in [-0.05, 0) is 56.4 Å². The topological polar surface area (TPSA) is 95.4 Å². The van der Waals surface area contributed by atoms with Crippen LogP contribution >= 0.6 is 11.6 Å². The predicted molar refractivity (Wildman–Crippen MR) is 113 cm³/mol. The highest BCUT2D eigenvalue weighted by Gasteiger charge is 2.23. The molecule has 1 fully saturated rings. The lowest BCUT2D eigenvalue weighted by molar-refractivity contribution is 0.101. The number of aromatic nitrogens is 1. The predicted octanol–water partition coefficient (Wildman–Crippen LogP) is 3.26. The summed E-state index contributed by atoms with van der Waals surface area (Å²) in [5.41, 5.74) is 1.41. The van der Waals surface area contributed by atoms with Gasteiger partial charge in [0.05, 0.1) is 16.8 Å². The number of benzene rings is 1. The van der Waals surface area contributed by atoms with E-state index in [4.69, 9.17) is 11.6 Å². The molecule has 29 heavy (non-hydrogen) atoms. The number of amides is 1. The van der Waals surface area contributed by atoms with Crippen LogP contribution in [-0.2, 0) is 18.2 Å². The smallest absolute Gasteiger partial charge is 0.273 e. The average Bonchev–Trinajstić information content (AvgIpc) is 2.93. The molecule has 1 aromatic heterocycles. The molecule has 158 valence electrons. The molecule has 1 heterocycles. The van der Waals surface area contributed by atoms with E-state index in [0.717, 1.165) is 12.8 Å². The molecule has 3 rings (SSSR count). The summed E-state index contributed by atoms with van der Waals surface area (Å²) in [6, 6.07) is 4.32. The molecule has 0 saturated heterocycles. The summed E-state index contributed by atoms with van der Waals surface area (Å²) in [5, 5.41) is 12.4. The van der Waals surface area contributed by atoms with Crippen molar-refractivity contribution < 1.29 is 18.5 Å². The van der Waals surface area contributed by atoms with Gasteiger partial charge in [0, 0.05) is 25.0 Å². The minimum absolute atomic E-state index is 0.0405. The number of carbonyl (C=O) groups is 1. The number of hydrogen-bond donors (Lipinski definition) is 4. The van der Waals surface area contributed by atoms with Crippen LogP contribution in [0.5, 0.6) is 0 Å². The minimum Gasteiger partial charge on any atom is -0.393 e. The first kappa shape index (κ1) is 21.8. The highest BCUT2D eigenvalue weighted by Crippen LogP contribution is 2.29. The molecule has 0 radical (unpaired) electrons. The van der Waals surface area contributed by atoms with Gasteiger partial charge in [-0.3, -0.25) is 9.52 Å². The highest BCUT2D eigenvalue weighted by atomic mass is 35.5. The van der Waals surface area contributed by atoms with Gasteiger partial charge in [-0.1, -0.05) is 11.6 Å². The van der Waals surface area contributed by atoms with Crippen LogP contribution in [0.15, 0.2) is 24.4 Å². The lowest BCUT2D eigenvalue weighted by Gasteiger charge is -2.25. The summed E-state index contributed by atoms with van der Waals surface area (Å²) in [6.45, 7) is 1.61. The van der Waals surface area contributed by atoms with E-state index < -0.39 is 17.1 Å². The molecule has 7 nitrogen and oxygen atoms in total. The molecule has 1 aromatic carbocycles. The maximum atomic E-state index is 13.4. The van der Waals surface area contributed by atoms with Gasteiger partial charge in [0.2, 0.25) is 0 Å². The monoisotopic (exact) mass is 442 g/mol. The van der Waals surface area contributed by atoms with Gasteiger partial charge >= 0.3 is 0 Å². The Bertz CT molecular complexity index is 928. The Labute approximate surface area is 176 Å². The maximum absolute atomic E-state index is 13.4. The number of aryl methyl sites for hydroxylation is 2. The van der Waals surface area contributed by atoms with Crippen molar-refractivity contribution in [3.05, 3.63) is 46.5 Å². The number of nitrogens with zero attached hydrogens (tertiary/aromatic N) is 1. The number of aliphatic hydroxyl groups is 1. The van der Waals surface area contributed by atoms with E-state index in [1.807, 2.05) is 0 Å². The fourth-order valence-corrected chi connectivity index (χ4v) is 4.64. The second-order valence-corrected chi connectivity index (χ2v) is 8.58. The fraction of sp³-hybridized carbons (Fsp3) is 0.421. The van der Waals surface area contributed by atoms with Crippen LogP contribution in [0, 0.1) is 12.7 Å². The number of carbonyl (C=O) groups excluding carboxylic acids is 1. The maximum Gasteiger partial charge on any atom is 0.273 e. The normalized spacial score (nSPS) is 20.3. The van der Waals surface area contributed by atoms with E-state index in [-0.39, 0.29) is 28.7 Å². The number of halogens is 2. The molecular formula is C19H24ClFN4O3S. The Morgan fingerprint density at radius 2 is 2.00 bits per heavy atom. The summed E-state index contributed by atoms with van der Waals surface area (Å²) in [6.07, 6.45) is 4.12. The molecule has 10 heteroatoms. The summed E-state index contributed by atoms with van der Waals surface area (Å²) in [4.78, 5) is 12.6. The Hall–Kier alpha value is -1.94. The fourth-order valence-electron chi connectivity index (χ4n) is 3.32. The largest absolute Gasteiger partial charge is 0.393 e. The average molecular weight is 443 g/mol. The van der Waals surface area contributed by atoms with Crippen LogP contribution in [0.4, 0.5) is 15.8 Å². The van der Waals surface area contributed by atoms with Crippen molar-refractivity contribution in [3.63, 3.8) is 0 Å². The van der Waals surface area contributed by atoms with Gasteiger partial charge in [-0.25, -0.2) is 13.3 Å². The van der Waals surface area contributed by atoms with Gasteiger partial charge in [-0.2, -0.15) is 0 Å². The molecule has 1 saturated carbocycles. The van der Waals surface area contributed by atoms with E-state index in [1.54, 1.807) is 20.2 Å². The van der Waals surface area contributed by atoms with Crippen molar-refractivity contribution in [3.8, 4) is 0 Å². The molecule has 1 amide bonds. The molecule has 1 aliphatic carbocycles. The van der Waals surface area contributed by atoms with Gasteiger partial charge in [-0.15, -0.1) is 0 Å². The molecular weight excluding hydrogens is 419 g/mol. The first-order valence-electron chi connectivity index (χ1n) is 9.29. The lowest BCUT2D eigenvalue weighted by Crippen LogP contribution is -2.37. The SMILES string of the molecule is Cc1cc(NC(=O)c2c(Cl)c(NS(=O)NC3CCC(O)CC3)cn2C)ccc1F. The molecule has 0 aliphatic heterocycles. The molecule has 2 aromatic rings. The Balaban J connectivity index is 1.66. The van der Waals surface area contributed by atoms with Gasteiger partial charge in [0.15, 0.2) is 11.2 Å². The summed E-state index contributed by atoms with van der Waals surface area (Å²) >= 11 is 4.76. The first-order chi connectivity index (χ1) is 13.7. The van der Waals surface area contributed by atoms with Crippen LogP contribution in [0.25, 0.3) is 0 Å². The Morgan fingerprint density at radius 3 is 2.66 bits per heavy atom. The zero-order valence-corrected chi connectivity index (χ0v) is 17.7. The third-order valence-corrected chi connectivity index (χ3v) is 6.26. The van der Waals surface area contributed by atoms with Crippen molar-refractivity contribution in [1.82, 2.24) is 9.29 Å². The van der Waals surface area contributed by atoms with Crippen molar-refractivity contribution in [1.29, 1.82) is 0 Å². The zero-order valence-electron chi connectivity index (χ0n) is 16.2. The molecule has 1 aliphatic rings. The summed E-state index contributed by atoms with van der Waals surface area (Å²) < 4.78 is 33.1. The second kappa shape index (κ2) is 9.25. The van der Waals surface area contributed by atoms with E-state index in [1.165, 1.54) is 22.8 Å². The number of aliphatic hydroxyl groups excluding tert-OH is 1. The van der Waals surface area contributed by atoms with E-state index in [9.17, 15) is 18.5 Å². The zero-order chi connectivity index (χ0) is 21.1. The van der Waals surface area contributed by atoms with E-state index in [0.29, 0.717) is 29.8 Å². The molecule has 1 atom stereocenters. The molecule has 0 bridgehead atoms. The third-order valence-electron chi connectivity index (χ3n) is 4.92. The lowest BCUT2D eigenvalue weighted by atomic mass is 9.94. The van der Waals surface area contributed by atoms with E-state index >= 15 is 0 Å². The molecule has 0 spiro atoms. The minimum atomic E-state index is -1.59. The van der Waals surface area contributed by atoms with Crippen LogP contribution in [0.3, 0.4) is 0 Å². The van der Waals surface area contributed by atoms with Gasteiger partial charge < -0.3 is 15.0 Å². The Kier molecular flexibility index (Phi) is 6.94. The van der Waals surface area contributed by atoms with Crippen molar-refractivity contribution >= 4 is 40.1 Å². The van der Waals surface area contributed by atoms with Gasteiger partial charge in [0.1, 0.15) is 11.5 Å². The summed E-state index contributed by atoms with van der Waals surface area (Å²) in [7, 11) is 1.65. The van der Waals surface area contributed by atoms with E-state index in [2.05, 4.69) is 14.8 Å². The quantitative estimate of drug-likeness (QED) is 0.553. The number of nitrogens with one attached hydrogen (secondary N) is 3. The summed E-state index contributed by atoms with van der Waals surface area (Å²) in [5.74, 6) is -0.814. The number of hydrogen-bond acceptors (Lipinski definition) is 3. The Morgan fingerprint density at radius 1 is 1.31 bits per heavy atom. The van der Waals surface area contributed by atoms with Gasteiger partial charge in [0.25, 0.3) is 5.91 Å². The standard InChI is InChI=1S/C19H24ClFN4O3S/c1-11-9-13(5-8-15(11)21)22-19(27)18-17(20)16(10-25(18)2)24-29(28)23-12-3-6-14(26)7-4-12/h5,8-10,12,14,23-24,26H,3-4,6-7H2,1-2H3,(H,22,27). The molecule has 1 unspecified atom stereocenters. The first-order valence-corrected chi connectivity index (χ1v) is 10.8. The number of anilines is 2. The third kappa shape index (κ3) is 5.36. The van der Waals surface area contributed by atoms with Crippen LogP contribution in [0.1, 0.15) is 41.7 Å². The molecule has 4 N–H and O–H groups in total. The highest BCUT2D eigenvalue weighted by molar-refractivity contribution is 7.84. The van der Waals surface area contributed by atoms with Crippen LogP contribution in [0.2, 0.25) is 5.02 Å². The van der Waals surface area contributed by atoms with Crippen molar-refractivity contribution in [2.45, 2.75) is 44.8 Å². The van der Waals surface area contributed by atoms with Crippen LogP contribution < -0.4 is 14.8 Å². The van der Waals surface area contributed by atoms with Crippen LogP contribution in [-0.4, -0.2) is 31.9 Å². The second-order valence-electron chi connectivity index (χ2n) is 7.23. The van der Waals surface area contributed by atoms with Crippen molar-refractivity contribution in [2.24, 2.45) is 7.05 Å². The number of rotatable bonds is 6. The van der Waals surface area contributed by atoms with Crippen molar-refractivity contribution in [2.75, 3.05) is 10.0 Å².